The second kappa shape index (κ2) is 13.8. The van der Waals surface area contributed by atoms with E-state index in [9.17, 15) is 14.4 Å². The fourth-order valence-electron chi connectivity index (χ4n) is 4.38. The number of fused-ring (bicyclic) bond motifs is 1. The Labute approximate surface area is 235 Å². The molecule has 1 aliphatic heterocycles. The zero-order valence-corrected chi connectivity index (χ0v) is 22.2. The van der Waals surface area contributed by atoms with Gasteiger partial charge >= 0.3 is 11.9 Å². The molecule has 0 aliphatic carbocycles. The number of anilines is 1. The number of H-pyrrole nitrogens is 1. The van der Waals surface area contributed by atoms with Gasteiger partial charge in [-0.3, -0.25) is 4.79 Å². The number of piperazine rings is 1. The molecular weight excluding hydrogens is 530 g/mol. The number of nitrogens with two attached hydrogens (primary N) is 1. The molecule has 1 aliphatic rings. The third-order valence-corrected chi connectivity index (χ3v) is 6.43. The highest BCUT2D eigenvalue weighted by Gasteiger charge is 2.22. The van der Waals surface area contributed by atoms with Crippen LogP contribution in [0.25, 0.3) is 22.4 Å². The molecule has 5 rings (SSSR count). The van der Waals surface area contributed by atoms with E-state index >= 15 is 0 Å². The number of amides is 1. The Morgan fingerprint density at radius 2 is 1.73 bits per heavy atom. The van der Waals surface area contributed by atoms with Gasteiger partial charge in [0, 0.05) is 66.7 Å². The highest BCUT2D eigenvalue weighted by atomic mass is 16.5. The van der Waals surface area contributed by atoms with Crippen LogP contribution in [0.1, 0.15) is 5.56 Å². The Bertz CT molecular complexity index is 1470. The van der Waals surface area contributed by atoms with Gasteiger partial charge < -0.3 is 39.9 Å². The lowest BCUT2D eigenvalue weighted by Crippen LogP contribution is -2.50. The third kappa shape index (κ3) is 7.96. The number of nitrogens with one attached hydrogen (secondary N) is 1. The number of nitrogens with zero attached hydrogens (tertiary/aromatic N) is 3. The molecule has 0 radical (unpaired) electrons. The van der Waals surface area contributed by atoms with Gasteiger partial charge in [-0.1, -0.05) is 0 Å². The molecule has 2 aromatic carbocycles. The summed E-state index contributed by atoms with van der Waals surface area (Å²) in [5.41, 5.74) is 9.98. The summed E-state index contributed by atoms with van der Waals surface area (Å²) in [6.45, 7) is 3.52. The minimum atomic E-state index is -1.26. The molecule has 4 aromatic rings. The first-order valence-electron chi connectivity index (χ1n) is 12.9. The molecule has 3 heterocycles. The van der Waals surface area contributed by atoms with Crippen molar-refractivity contribution in [1.82, 2.24) is 14.9 Å². The maximum Gasteiger partial charge on any atom is 0.328 e. The summed E-state index contributed by atoms with van der Waals surface area (Å²) >= 11 is 0. The molecule has 214 valence electrons. The van der Waals surface area contributed by atoms with Crippen molar-refractivity contribution in [2.75, 3.05) is 44.2 Å². The van der Waals surface area contributed by atoms with Gasteiger partial charge in [-0.2, -0.15) is 0 Å². The quantitative estimate of drug-likeness (QED) is 0.222. The van der Waals surface area contributed by atoms with E-state index in [1.165, 1.54) is 0 Å². The van der Waals surface area contributed by atoms with E-state index in [-0.39, 0.29) is 12.5 Å². The average Bonchev–Trinajstić information content (AvgIpc) is 3.66. The number of aliphatic carboxylic acids is 2. The Morgan fingerprint density at radius 3 is 2.34 bits per heavy atom. The second-order valence-electron chi connectivity index (χ2n) is 9.11. The van der Waals surface area contributed by atoms with Crippen molar-refractivity contribution in [3.8, 4) is 17.2 Å². The number of oxazole rings is 1. The molecule has 1 amide bonds. The molecule has 0 unspecified atom stereocenters. The van der Waals surface area contributed by atoms with Crippen LogP contribution in [0.15, 0.2) is 77.7 Å². The second-order valence-corrected chi connectivity index (χ2v) is 9.11. The van der Waals surface area contributed by atoms with E-state index in [2.05, 4.69) is 27.0 Å². The van der Waals surface area contributed by atoms with Gasteiger partial charge in [-0.15, -0.1) is 0 Å². The first-order valence-corrected chi connectivity index (χ1v) is 12.9. The van der Waals surface area contributed by atoms with E-state index in [4.69, 9.17) is 25.1 Å². The van der Waals surface area contributed by atoms with E-state index in [0.717, 1.165) is 47.2 Å². The number of aromatic amines is 1. The van der Waals surface area contributed by atoms with Crippen molar-refractivity contribution < 1.29 is 33.8 Å². The van der Waals surface area contributed by atoms with Crippen LogP contribution >= 0.6 is 0 Å². The van der Waals surface area contributed by atoms with Crippen molar-refractivity contribution >= 4 is 34.4 Å². The van der Waals surface area contributed by atoms with Crippen LogP contribution < -0.4 is 15.4 Å². The summed E-state index contributed by atoms with van der Waals surface area (Å²) in [6, 6.07) is 14.0. The summed E-state index contributed by atoms with van der Waals surface area (Å²) < 4.78 is 11.2. The summed E-state index contributed by atoms with van der Waals surface area (Å²) in [4.78, 5) is 43.4. The smallest absolute Gasteiger partial charge is 0.328 e. The Hall–Kier alpha value is -5.10. The molecular formula is C29H31N5O7. The zero-order valence-electron chi connectivity index (χ0n) is 22.2. The van der Waals surface area contributed by atoms with Crippen molar-refractivity contribution in [3.05, 3.63) is 78.8 Å². The fraction of sp³-hybridized carbons (Fsp3) is 0.241. The molecule has 0 atom stereocenters. The number of ether oxygens (including phenoxy) is 1. The summed E-state index contributed by atoms with van der Waals surface area (Å²) in [5.74, 6) is -1.20. The van der Waals surface area contributed by atoms with Gasteiger partial charge in [0.05, 0.1) is 6.20 Å². The molecule has 41 heavy (non-hydrogen) atoms. The molecule has 2 aromatic heterocycles. The van der Waals surface area contributed by atoms with Crippen LogP contribution in [-0.4, -0.2) is 82.3 Å². The monoisotopic (exact) mass is 561 g/mol. The predicted octanol–water partition coefficient (Wildman–Crippen LogP) is 2.76. The number of aromatic nitrogens is 2. The minimum Gasteiger partial charge on any atom is -0.484 e. The maximum absolute atomic E-state index is 12.7. The van der Waals surface area contributed by atoms with Crippen LogP contribution in [0.5, 0.6) is 5.75 Å². The number of carbonyl (C=O) groups excluding carboxylic acids is 1. The molecule has 0 spiro atoms. The SMILES string of the molecule is NCCc1c[nH]c2ccc(OCC(=O)N3CCN(c4ccc(-c5ncco5)cc4)CC3)cc12.O=C(O)C=CC(=O)O. The minimum absolute atomic E-state index is 0.00485. The van der Waals surface area contributed by atoms with E-state index < -0.39 is 11.9 Å². The fourth-order valence-corrected chi connectivity index (χ4v) is 4.38. The van der Waals surface area contributed by atoms with Gasteiger partial charge in [-0.25, -0.2) is 14.6 Å². The van der Waals surface area contributed by atoms with Gasteiger partial charge in [0.2, 0.25) is 5.89 Å². The zero-order chi connectivity index (χ0) is 29.2. The number of rotatable bonds is 9. The van der Waals surface area contributed by atoms with Crippen molar-refractivity contribution in [3.63, 3.8) is 0 Å². The number of hydrogen-bond acceptors (Lipinski definition) is 8. The van der Waals surface area contributed by atoms with E-state index in [1.54, 1.807) is 12.5 Å². The molecule has 12 heteroatoms. The van der Waals surface area contributed by atoms with Crippen LogP contribution in [0, 0.1) is 0 Å². The van der Waals surface area contributed by atoms with Crippen molar-refractivity contribution in [2.45, 2.75) is 6.42 Å². The number of carbonyl (C=O) groups is 3. The summed E-state index contributed by atoms with van der Waals surface area (Å²) in [5, 5.41) is 16.7. The normalized spacial score (nSPS) is 13.2. The molecule has 0 saturated carbocycles. The Balaban J connectivity index is 0.000000426. The van der Waals surface area contributed by atoms with Crippen molar-refractivity contribution in [1.29, 1.82) is 0 Å². The van der Waals surface area contributed by atoms with Gasteiger partial charge in [-0.05, 0) is 61.0 Å². The van der Waals surface area contributed by atoms with Gasteiger partial charge in [0.25, 0.3) is 5.91 Å². The first-order chi connectivity index (χ1) is 19.8. The largest absolute Gasteiger partial charge is 0.484 e. The van der Waals surface area contributed by atoms with E-state index in [1.807, 2.05) is 41.4 Å². The lowest BCUT2D eigenvalue weighted by molar-refractivity contribution is -0.134. The number of benzene rings is 2. The van der Waals surface area contributed by atoms with Crippen LogP contribution in [0.3, 0.4) is 0 Å². The van der Waals surface area contributed by atoms with E-state index in [0.29, 0.717) is 43.4 Å². The summed E-state index contributed by atoms with van der Waals surface area (Å²) in [6.07, 6.45) is 7.11. The molecule has 5 N–H and O–H groups in total. The predicted molar refractivity (Wildman–Crippen MR) is 152 cm³/mol. The highest BCUT2D eigenvalue weighted by Crippen LogP contribution is 2.25. The standard InChI is InChI=1S/C25H27N5O3.C4H4O4/c26-8-7-19-16-28-23-6-5-21(15-22(19)23)33-17-24(31)30-12-10-29(11-13-30)20-3-1-18(2-4-20)25-27-9-14-32-25;5-3(6)1-2-4(7)8/h1-6,9,14-16,28H,7-8,10-13,17,26H2;1-2H,(H,5,6)(H,7,8). The maximum atomic E-state index is 12.7. The third-order valence-electron chi connectivity index (χ3n) is 6.43. The molecule has 1 saturated heterocycles. The molecule has 12 nitrogen and oxygen atoms in total. The van der Waals surface area contributed by atoms with Crippen molar-refractivity contribution in [2.24, 2.45) is 5.73 Å². The number of carboxylic acid groups (broad SMARTS) is 2. The molecule has 1 fully saturated rings. The summed E-state index contributed by atoms with van der Waals surface area (Å²) in [7, 11) is 0. The topological polar surface area (TPSA) is 175 Å². The molecule has 0 bridgehead atoms. The van der Waals surface area contributed by atoms with Gasteiger partial charge in [0.1, 0.15) is 12.0 Å². The Morgan fingerprint density at radius 1 is 1.02 bits per heavy atom. The Kier molecular flexibility index (Phi) is 9.73. The number of carboxylic acids is 2. The first kappa shape index (κ1) is 28.9. The number of hydrogen-bond donors (Lipinski definition) is 4. The van der Waals surface area contributed by atoms with Crippen LogP contribution in [0.2, 0.25) is 0 Å². The highest BCUT2D eigenvalue weighted by molar-refractivity contribution is 5.89. The lowest BCUT2D eigenvalue weighted by Gasteiger charge is -2.36. The lowest BCUT2D eigenvalue weighted by atomic mass is 10.1. The van der Waals surface area contributed by atoms with Crippen LogP contribution in [0.4, 0.5) is 5.69 Å². The van der Waals surface area contributed by atoms with Crippen LogP contribution in [-0.2, 0) is 20.8 Å². The average molecular weight is 562 g/mol. The van der Waals surface area contributed by atoms with Gasteiger partial charge in [0.15, 0.2) is 6.61 Å².